The van der Waals surface area contributed by atoms with Crippen LogP contribution in [0.2, 0.25) is 0 Å². The zero-order chi connectivity index (χ0) is 9.59. The zero-order valence-corrected chi connectivity index (χ0v) is 8.05. The molecule has 2 heterocycles. The van der Waals surface area contributed by atoms with Crippen molar-refractivity contribution in [2.24, 2.45) is 14.1 Å². The average Bonchev–Trinajstić information content (AvgIpc) is 2.44. The molecule has 0 spiro atoms. The first kappa shape index (κ1) is 8.18. The van der Waals surface area contributed by atoms with Gasteiger partial charge in [0.1, 0.15) is 15.8 Å². The number of nitrogens with zero attached hydrogens (tertiary/aromatic N) is 3. The maximum Gasteiger partial charge on any atom is 0.327 e. The molecular weight excluding hydrogens is 188 g/mol. The molecule has 0 amide bonds. The number of aromatic nitrogens is 4. The van der Waals surface area contributed by atoms with E-state index in [1.807, 2.05) is 7.05 Å². The summed E-state index contributed by atoms with van der Waals surface area (Å²) >= 11 is 4.97. The van der Waals surface area contributed by atoms with Crippen LogP contribution in [0.25, 0.3) is 11.2 Å². The molecule has 0 radical (unpaired) electrons. The quantitative estimate of drug-likeness (QED) is 0.618. The monoisotopic (exact) mass is 196 g/mol. The van der Waals surface area contributed by atoms with Crippen LogP contribution in [0.4, 0.5) is 0 Å². The first-order valence-corrected chi connectivity index (χ1v) is 4.12. The minimum Gasteiger partial charge on any atom is -0.320 e. The van der Waals surface area contributed by atoms with Crippen LogP contribution in [0, 0.1) is 4.64 Å². The summed E-state index contributed by atoms with van der Waals surface area (Å²) in [6, 6.07) is 0. The molecular formula is C7H8N4OS. The Bertz CT molecular complexity index is 576. The van der Waals surface area contributed by atoms with E-state index in [9.17, 15) is 4.79 Å². The van der Waals surface area contributed by atoms with Gasteiger partial charge in [0, 0.05) is 14.1 Å². The highest BCUT2D eigenvalue weighted by atomic mass is 32.1. The van der Waals surface area contributed by atoms with Gasteiger partial charge in [-0.3, -0.25) is 9.55 Å². The van der Waals surface area contributed by atoms with Crippen molar-refractivity contribution < 1.29 is 0 Å². The van der Waals surface area contributed by atoms with Gasteiger partial charge in [0.25, 0.3) is 0 Å². The minimum absolute atomic E-state index is 0.221. The van der Waals surface area contributed by atoms with Crippen LogP contribution in [0.1, 0.15) is 0 Å². The van der Waals surface area contributed by atoms with Gasteiger partial charge < -0.3 is 4.57 Å². The van der Waals surface area contributed by atoms with E-state index in [4.69, 9.17) is 12.2 Å². The summed E-state index contributed by atoms with van der Waals surface area (Å²) in [5.41, 5.74) is 1.16. The van der Waals surface area contributed by atoms with Crippen LogP contribution in [0.5, 0.6) is 0 Å². The molecule has 0 fully saturated rings. The van der Waals surface area contributed by atoms with Crippen molar-refractivity contribution in [3.05, 3.63) is 21.5 Å². The largest absolute Gasteiger partial charge is 0.327 e. The van der Waals surface area contributed by atoms with Crippen molar-refractivity contribution in [1.82, 2.24) is 19.1 Å². The molecule has 0 bridgehead atoms. The van der Waals surface area contributed by atoms with Gasteiger partial charge in [-0.2, -0.15) is 0 Å². The molecule has 6 heteroatoms. The predicted molar refractivity (Wildman–Crippen MR) is 51.1 cm³/mol. The molecule has 2 rings (SSSR count). The van der Waals surface area contributed by atoms with Crippen molar-refractivity contribution in [3.8, 4) is 0 Å². The fourth-order valence-corrected chi connectivity index (χ4v) is 1.55. The molecule has 68 valence electrons. The molecule has 5 nitrogen and oxygen atoms in total. The Morgan fingerprint density at radius 1 is 1.54 bits per heavy atom. The van der Waals surface area contributed by atoms with E-state index in [0.717, 1.165) is 5.65 Å². The standard InChI is InChI=1S/C7H8N4OS/c1-10-3-8-4-5(13)9-7(12)11(2)6(4)10/h3H,1-2H3,(H,9,12,13). The molecule has 13 heavy (non-hydrogen) atoms. The summed E-state index contributed by atoms with van der Waals surface area (Å²) in [4.78, 5) is 17.9. The molecule has 1 N–H and O–H groups in total. The van der Waals surface area contributed by atoms with Crippen molar-refractivity contribution in [2.45, 2.75) is 0 Å². The first-order chi connectivity index (χ1) is 6.11. The van der Waals surface area contributed by atoms with Gasteiger partial charge >= 0.3 is 5.69 Å². The van der Waals surface area contributed by atoms with Crippen LogP contribution < -0.4 is 5.69 Å². The highest BCUT2D eigenvalue weighted by Crippen LogP contribution is 2.07. The Morgan fingerprint density at radius 3 is 2.92 bits per heavy atom. The Labute approximate surface area is 78.7 Å². The van der Waals surface area contributed by atoms with Crippen LogP contribution in [0.3, 0.4) is 0 Å². The van der Waals surface area contributed by atoms with Crippen LogP contribution in [-0.2, 0) is 14.1 Å². The van der Waals surface area contributed by atoms with E-state index in [0.29, 0.717) is 10.2 Å². The third-order valence-corrected chi connectivity index (χ3v) is 2.26. The molecule has 0 unspecified atom stereocenters. The van der Waals surface area contributed by atoms with E-state index in [2.05, 4.69) is 9.97 Å². The van der Waals surface area contributed by atoms with Gasteiger partial charge in [-0.1, -0.05) is 12.2 Å². The fraction of sp³-hybridized carbons (Fsp3) is 0.286. The molecule has 0 saturated heterocycles. The smallest absolute Gasteiger partial charge is 0.320 e. The number of fused-ring (bicyclic) bond motifs is 1. The Balaban J connectivity index is 3.19. The molecule has 2 aromatic heterocycles. The van der Waals surface area contributed by atoms with Crippen molar-refractivity contribution >= 4 is 23.4 Å². The topological polar surface area (TPSA) is 55.6 Å². The predicted octanol–water partition coefficient (Wildman–Crippen LogP) is 0.330. The third-order valence-electron chi connectivity index (χ3n) is 1.96. The maximum atomic E-state index is 11.3. The van der Waals surface area contributed by atoms with E-state index in [-0.39, 0.29) is 5.69 Å². The summed E-state index contributed by atoms with van der Waals surface area (Å²) in [5.74, 6) is 0. The Kier molecular flexibility index (Phi) is 1.59. The Morgan fingerprint density at radius 2 is 2.23 bits per heavy atom. The molecule has 0 aliphatic rings. The second-order valence-corrected chi connectivity index (χ2v) is 3.25. The SMILES string of the molecule is Cn1cnc2c(=S)[nH]c(=O)n(C)c21. The third kappa shape index (κ3) is 1.02. The number of rotatable bonds is 0. The lowest BCUT2D eigenvalue weighted by Crippen LogP contribution is -2.21. The van der Waals surface area contributed by atoms with Gasteiger partial charge in [-0.05, 0) is 0 Å². The lowest BCUT2D eigenvalue weighted by molar-refractivity contribution is 0.797. The summed E-state index contributed by atoms with van der Waals surface area (Å²) in [7, 11) is 3.50. The van der Waals surface area contributed by atoms with E-state index < -0.39 is 0 Å². The average molecular weight is 196 g/mol. The first-order valence-electron chi connectivity index (χ1n) is 3.71. The lowest BCUT2D eigenvalue weighted by Gasteiger charge is -2.00. The number of aromatic amines is 1. The van der Waals surface area contributed by atoms with Gasteiger partial charge in [-0.25, -0.2) is 9.78 Å². The second kappa shape index (κ2) is 2.53. The van der Waals surface area contributed by atoms with Crippen LogP contribution in [0.15, 0.2) is 11.1 Å². The molecule has 0 saturated carbocycles. The summed E-state index contributed by atoms with van der Waals surface area (Å²) in [6.45, 7) is 0. The van der Waals surface area contributed by atoms with Gasteiger partial charge in [-0.15, -0.1) is 0 Å². The molecule has 2 aromatic rings. The lowest BCUT2D eigenvalue weighted by atomic mass is 10.5. The molecule has 0 atom stereocenters. The number of hydrogen-bond donors (Lipinski definition) is 1. The highest BCUT2D eigenvalue weighted by molar-refractivity contribution is 7.71. The molecule has 0 aliphatic heterocycles. The maximum absolute atomic E-state index is 11.3. The van der Waals surface area contributed by atoms with Gasteiger partial charge in [0.2, 0.25) is 0 Å². The number of aryl methyl sites for hydroxylation is 2. The number of H-pyrrole nitrogens is 1. The molecule has 0 aromatic carbocycles. The van der Waals surface area contributed by atoms with E-state index in [1.165, 1.54) is 4.57 Å². The van der Waals surface area contributed by atoms with Crippen molar-refractivity contribution in [2.75, 3.05) is 0 Å². The van der Waals surface area contributed by atoms with Crippen LogP contribution >= 0.6 is 12.2 Å². The fourth-order valence-electron chi connectivity index (χ4n) is 1.32. The van der Waals surface area contributed by atoms with E-state index >= 15 is 0 Å². The summed E-state index contributed by atoms with van der Waals surface area (Å²) in [5, 5.41) is 0. The van der Waals surface area contributed by atoms with Crippen molar-refractivity contribution in [1.29, 1.82) is 0 Å². The highest BCUT2D eigenvalue weighted by Gasteiger charge is 2.05. The minimum atomic E-state index is -0.221. The number of hydrogen-bond acceptors (Lipinski definition) is 3. The summed E-state index contributed by atoms with van der Waals surface area (Å²) < 4.78 is 3.64. The molecule has 0 aliphatic carbocycles. The van der Waals surface area contributed by atoms with Crippen molar-refractivity contribution in [3.63, 3.8) is 0 Å². The van der Waals surface area contributed by atoms with E-state index in [1.54, 1.807) is 17.9 Å². The number of imidazole rings is 1. The number of nitrogens with one attached hydrogen (secondary N) is 1. The normalized spacial score (nSPS) is 10.9. The second-order valence-electron chi connectivity index (χ2n) is 2.85. The van der Waals surface area contributed by atoms with Crippen LogP contribution in [-0.4, -0.2) is 19.1 Å². The zero-order valence-electron chi connectivity index (χ0n) is 7.24. The summed E-state index contributed by atoms with van der Waals surface area (Å²) in [6.07, 6.45) is 1.63. The van der Waals surface area contributed by atoms with Gasteiger partial charge in [0.15, 0.2) is 0 Å². The Hall–Kier alpha value is -1.43. The van der Waals surface area contributed by atoms with Gasteiger partial charge in [0.05, 0.1) is 6.33 Å².